The molecule has 0 spiro atoms. The summed E-state index contributed by atoms with van der Waals surface area (Å²) in [6.07, 6.45) is 10.1. The minimum atomic E-state index is -0.254. The maximum Gasteiger partial charge on any atom is 0.228 e. The van der Waals surface area contributed by atoms with Crippen LogP contribution in [0.1, 0.15) is 65.2 Å². The molecule has 5 heteroatoms. The Hall–Kier alpha value is 0.910. The van der Waals surface area contributed by atoms with Gasteiger partial charge in [0.25, 0.3) is 0 Å². The standard InChI is InChI=1S/C20H28Br3NO/c1-17(2)19(15(22)23)3-4-20(17,14(19)21)16(25)24-18-8-11-5-12(9-18)7-13(6-11)10-18/h11-15H,3-10H2,1-2H3,(H,24,25). The Morgan fingerprint density at radius 1 is 1.00 bits per heavy atom. The molecule has 2 nitrogen and oxygen atoms in total. The van der Waals surface area contributed by atoms with Gasteiger partial charge in [0, 0.05) is 15.8 Å². The van der Waals surface area contributed by atoms with E-state index < -0.39 is 0 Å². The van der Waals surface area contributed by atoms with Crippen molar-refractivity contribution in [3.05, 3.63) is 0 Å². The molecule has 6 bridgehead atoms. The first-order valence-electron chi connectivity index (χ1n) is 9.92. The summed E-state index contributed by atoms with van der Waals surface area (Å²) < 4.78 is 0.245. The van der Waals surface area contributed by atoms with E-state index in [2.05, 4.69) is 67.0 Å². The Bertz CT molecular complexity index is 597. The lowest BCUT2D eigenvalue weighted by Gasteiger charge is -2.67. The number of carbonyl (C=O) groups is 1. The highest BCUT2D eigenvalue weighted by atomic mass is 79.9. The van der Waals surface area contributed by atoms with Crippen LogP contribution in [0.25, 0.3) is 0 Å². The molecule has 1 N–H and O–H groups in total. The first kappa shape index (κ1) is 18.0. The number of rotatable bonds is 3. The largest absolute Gasteiger partial charge is 0.350 e. The molecule has 3 unspecified atom stereocenters. The van der Waals surface area contributed by atoms with Gasteiger partial charge < -0.3 is 5.32 Å². The van der Waals surface area contributed by atoms with E-state index in [1.807, 2.05) is 0 Å². The van der Waals surface area contributed by atoms with Gasteiger partial charge in [-0.05, 0) is 74.5 Å². The van der Waals surface area contributed by atoms with Crippen molar-refractivity contribution in [1.29, 1.82) is 0 Å². The summed E-state index contributed by atoms with van der Waals surface area (Å²) in [6, 6.07) is 0. The van der Waals surface area contributed by atoms with Crippen LogP contribution in [0.2, 0.25) is 0 Å². The van der Waals surface area contributed by atoms with E-state index >= 15 is 0 Å². The van der Waals surface area contributed by atoms with Crippen LogP contribution in [-0.4, -0.2) is 20.0 Å². The minimum Gasteiger partial charge on any atom is -0.350 e. The summed E-state index contributed by atoms with van der Waals surface area (Å²) in [5, 5.41) is 3.69. The number of amides is 1. The molecule has 0 aromatic rings. The monoisotopic (exact) mass is 535 g/mol. The average Bonchev–Trinajstić information content (AvgIpc) is 2.95. The van der Waals surface area contributed by atoms with Crippen LogP contribution < -0.4 is 5.32 Å². The lowest BCUT2D eigenvalue weighted by atomic mass is 9.43. The Labute approximate surface area is 176 Å². The molecule has 3 atom stereocenters. The highest BCUT2D eigenvalue weighted by molar-refractivity contribution is 9.24. The van der Waals surface area contributed by atoms with Crippen molar-refractivity contribution >= 4 is 53.7 Å². The first-order valence-corrected chi connectivity index (χ1v) is 12.7. The van der Waals surface area contributed by atoms with Crippen LogP contribution in [0, 0.1) is 34.0 Å². The fraction of sp³-hybridized carbons (Fsp3) is 0.950. The van der Waals surface area contributed by atoms with Crippen molar-refractivity contribution in [2.75, 3.05) is 0 Å². The van der Waals surface area contributed by atoms with E-state index in [1.165, 1.54) is 38.5 Å². The van der Waals surface area contributed by atoms with Gasteiger partial charge in [-0.1, -0.05) is 61.6 Å². The Balaban J connectivity index is 1.43. The Kier molecular flexibility index (Phi) is 3.80. The van der Waals surface area contributed by atoms with Gasteiger partial charge in [-0.25, -0.2) is 0 Å². The fourth-order valence-electron chi connectivity index (χ4n) is 8.31. The molecule has 0 saturated heterocycles. The molecule has 0 heterocycles. The second kappa shape index (κ2) is 5.28. The summed E-state index contributed by atoms with van der Waals surface area (Å²) in [7, 11) is 0. The topological polar surface area (TPSA) is 29.1 Å². The zero-order valence-corrected chi connectivity index (χ0v) is 19.8. The number of nitrogens with one attached hydrogen (secondary N) is 1. The lowest BCUT2D eigenvalue weighted by Crippen LogP contribution is -2.74. The Morgan fingerprint density at radius 3 is 1.92 bits per heavy atom. The van der Waals surface area contributed by atoms with Gasteiger partial charge >= 0.3 is 0 Å². The van der Waals surface area contributed by atoms with Crippen LogP contribution in [0.5, 0.6) is 0 Å². The molecular weight excluding hydrogens is 510 g/mol. The molecule has 25 heavy (non-hydrogen) atoms. The predicted octanol–water partition coefficient (Wildman–Crippen LogP) is 5.76. The van der Waals surface area contributed by atoms with Crippen molar-refractivity contribution in [3.63, 3.8) is 0 Å². The van der Waals surface area contributed by atoms with Crippen LogP contribution >= 0.6 is 47.8 Å². The fourth-order valence-corrected chi connectivity index (χ4v) is 13.2. The van der Waals surface area contributed by atoms with E-state index in [0.29, 0.717) is 5.91 Å². The average molecular weight is 538 g/mol. The quantitative estimate of drug-likeness (QED) is 0.456. The van der Waals surface area contributed by atoms with Gasteiger partial charge in [-0.3, -0.25) is 4.79 Å². The van der Waals surface area contributed by atoms with Gasteiger partial charge in [0.15, 0.2) is 0 Å². The molecule has 0 radical (unpaired) electrons. The molecule has 140 valence electrons. The molecule has 7 saturated carbocycles. The van der Waals surface area contributed by atoms with Crippen LogP contribution in [0.4, 0.5) is 0 Å². The van der Waals surface area contributed by atoms with Crippen molar-refractivity contribution < 1.29 is 4.79 Å². The number of carbonyl (C=O) groups excluding carboxylic acids is 1. The van der Waals surface area contributed by atoms with Gasteiger partial charge in [0.05, 0.1) is 9.15 Å². The Morgan fingerprint density at radius 2 is 1.52 bits per heavy atom. The third-order valence-corrected chi connectivity index (χ3v) is 12.5. The van der Waals surface area contributed by atoms with Crippen molar-refractivity contribution in [2.45, 2.75) is 79.3 Å². The zero-order chi connectivity index (χ0) is 17.8. The summed E-state index contributed by atoms with van der Waals surface area (Å²) >= 11 is 11.6. The number of hydrogen-bond donors (Lipinski definition) is 1. The van der Waals surface area contributed by atoms with Crippen molar-refractivity contribution in [3.8, 4) is 0 Å². The number of hydrogen-bond acceptors (Lipinski definition) is 1. The second-order valence-corrected chi connectivity index (χ2v) is 14.4. The molecule has 7 aliphatic rings. The number of halogens is 3. The first-order chi connectivity index (χ1) is 11.7. The molecule has 1 amide bonds. The zero-order valence-electron chi connectivity index (χ0n) is 15.1. The summed E-state index contributed by atoms with van der Waals surface area (Å²) in [4.78, 5) is 14.0. The lowest BCUT2D eigenvalue weighted by molar-refractivity contribution is -0.166. The van der Waals surface area contributed by atoms with Crippen molar-refractivity contribution in [2.24, 2.45) is 34.0 Å². The second-order valence-electron chi connectivity index (χ2n) is 10.5. The molecule has 7 rings (SSSR count). The molecule has 0 aliphatic heterocycles. The number of fused-ring (bicyclic) bond motifs is 1. The maximum atomic E-state index is 13.7. The van der Waals surface area contributed by atoms with Crippen molar-refractivity contribution in [1.82, 2.24) is 5.32 Å². The highest BCUT2D eigenvalue weighted by Crippen LogP contribution is 2.82. The third-order valence-electron chi connectivity index (χ3n) is 9.31. The van der Waals surface area contributed by atoms with E-state index in [1.54, 1.807) is 0 Å². The van der Waals surface area contributed by atoms with Crippen LogP contribution in [0.3, 0.4) is 0 Å². The molecule has 0 aromatic heterocycles. The smallest absolute Gasteiger partial charge is 0.228 e. The molecule has 0 aromatic carbocycles. The molecular formula is C20H28Br3NO. The SMILES string of the molecule is CC1(C)C2(C(=O)NC34CC5CC(CC(C5)C3)C4)CCC1(C(Br)Br)C2Br. The van der Waals surface area contributed by atoms with Gasteiger partial charge in [0.2, 0.25) is 5.91 Å². The molecule has 7 aliphatic carbocycles. The summed E-state index contributed by atoms with van der Waals surface area (Å²) in [6.45, 7) is 4.62. The van der Waals surface area contributed by atoms with E-state index in [0.717, 1.165) is 30.6 Å². The van der Waals surface area contributed by atoms with Gasteiger partial charge in [-0.15, -0.1) is 0 Å². The van der Waals surface area contributed by atoms with Crippen LogP contribution in [-0.2, 0) is 4.79 Å². The van der Waals surface area contributed by atoms with Crippen LogP contribution in [0.15, 0.2) is 0 Å². The van der Waals surface area contributed by atoms with Gasteiger partial charge in [-0.2, -0.15) is 0 Å². The van der Waals surface area contributed by atoms with E-state index in [9.17, 15) is 4.79 Å². The van der Waals surface area contributed by atoms with E-state index in [4.69, 9.17) is 0 Å². The normalized spacial score (nSPS) is 54.6. The maximum absolute atomic E-state index is 13.7. The number of alkyl halides is 3. The summed E-state index contributed by atoms with van der Waals surface area (Å²) in [5.74, 6) is 2.95. The highest BCUT2D eigenvalue weighted by Gasteiger charge is 2.83. The van der Waals surface area contributed by atoms with Gasteiger partial charge in [0.1, 0.15) is 0 Å². The van der Waals surface area contributed by atoms with E-state index in [-0.39, 0.29) is 30.3 Å². The predicted molar refractivity (Wildman–Crippen MR) is 111 cm³/mol. The minimum absolute atomic E-state index is 0.00177. The molecule has 7 fully saturated rings. The summed E-state index contributed by atoms with van der Waals surface area (Å²) in [5.41, 5.74) is -0.0213. The third kappa shape index (κ3) is 1.95.